The van der Waals surface area contributed by atoms with Crippen molar-refractivity contribution in [2.45, 2.75) is 24.6 Å². The van der Waals surface area contributed by atoms with Gasteiger partial charge in [0.25, 0.3) is 5.89 Å². The van der Waals surface area contributed by atoms with E-state index in [-0.39, 0.29) is 18.3 Å². The van der Waals surface area contributed by atoms with Gasteiger partial charge in [-0.2, -0.15) is 18.2 Å². The van der Waals surface area contributed by atoms with Gasteiger partial charge in [0.2, 0.25) is 5.91 Å². The summed E-state index contributed by atoms with van der Waals surface area (Å²) in [7, 11) is 0. The standard InChI is InChI=1S/C26H20F3N3O2/c27-26(28,29)21-13-11-18(12-14-21)23-30-22(31-34-23)17-32-16-15-25(24(32)33,19-7-3-1-4-8-19)20-9-5-2-6-10-20/h1-14H,15-17H2. The lowest BCUT2D eigenvalue weighted by molar-refractivity contribution is -0.137. The number of nitrogens with zero attached hydrogens (tertiary/aromatic N) is 3. The highest BCUT2D eigenvalue weighted by Crippen LogP contribution is 2.42. The zero-order valence-electron chi connectivity index (χ0n) is 18.0. The largest absolute Gasteiger partial charge is 0.416 e. The van der Waals surface area contributed by atoms with E-state index >= 15 is 0 Å². The van der Waals surface area contributed by atoms with Crippen molar-refractivity contribution in [3.63, 3.8) is 0 Å². The van der Waals surface area contributed by atoms with Crippen LogP contribution in [0.25, 0.3) is 11.5 Å². The summed E-state index contributed by atoms with van der Waals surface area (Å²) in [5.41, 5.74) is 0.668. The summed E-state index contributed by atoms with van der Waals surface area (Å²) in [4.78, 5) is 19.8. The number of rotatable bonds is 5. The van der Waals surface area contributed by atoms with Gasteiger partial charge in [-0.25, -0.2) is 0 Å². The van der Waals surface area contributed by atoms with Gasteiger partial charge < -0.3 is 9.42 Å². The molecule has 1 saturated heterocycles. The van der Waals surface area contributed by atoms with Crippen LogP contribution in [0.3, 0.4) is 0 Å². The topological polar surface area (TPSA) is 59.2 Å². The molecule has 3 aromatic carbocycles. The highest BCUT2D eigenvalue weighted by atomic mass is 19.4. The minimum atomic E-state index is -4.42. The first kappa shape index (κ1) is 21.9. The van der Waals surface area contributed by atoms with Crippen LogP contribution in [0.1, 0.15) is 28.9 Å². The molecule has 172 valence electrons. The lowest BCUT2D eigenvalue weighted by atomic mass is 9.73. The van der Waals surface area contributed by atoms with Gasteiger partial charge in [-0.1, -0.05) is 65.8 Å². The number of halogens is 3. The second-order valence-electron chi connectivity index (χ2n) is 8.20. The van der Waals surface area contributed by atoms with Crippen molar-refractivity contribution >= 4 is 5.91 Å². The van der Waals surface area contributed by atoms with Crippen molar-refractivity contribution in [2.75, 3.05) is 6.54 Å². The van der Waals surface area contributed by atoms with E-state index in [9.17, 15) is 18.0 Å². The molecule has 0 spiro atoms. The first-order valence-electron chi connectivity index (χ1n) is 10.8. The number of aromatic nitrogens is 2. The van der Waals surface area contributed by atoms with Gasteiger partial charge in [0.05, 0.1) is 12.1 Å². The second kappa shape index (κ2) is 8.44. The number of likely N-dealkylation sites (tertiary alicyclic amines) is 1. The molecule has 0 atom stereocenters. The minimum absolute atomic E-state index is 0.0502. The third-order valence-corrected chi connectivity index (χ3v) is 6.20. The van der Waals surface area contributed by atoms with Crippen LogP contribution in [0.2, 0.25) is 0 Å². The first-order valence-corrected chi connectivity index (χ1v) is 10.8. The maximum atomic E-state index is 13.8. The summed E-state index contributed by atoms with van der Waals surface area (Å²) >= 11 is 0. The maximum Gasteiger partial charge on any atom is 0.416 e. The van der Waals surface area contributed by atoms with Gasteiger partial charge in [-0.3, -0.25) is 4.79 Å². The molecule has 0 N–H and O–H groups in total. The summed E-state index contributed by atoms with van der Waals surface area (Å²) in [6, 6.07) is 23.9. The maximum absolute atomic E-state index is 13.8. The Kier molecular flexibility index (Phi) is 5.43. The summed E-state index contributed by atoms with van der Waals surface area (Å²) in [6.07, 6.45) is -3.82. The summed E-state index contributed by atoms with van der Waals surface area (Å²) in [5, 5.41) is 3.95. The Bertz CT molecular complexity index is 1250. The average Bonchev–Trinajstić information content (AvgIpc) is 3.45. The number of hydrogen-bond donors (Lipinski definition) is 0. The third kappa shape index (κ3) is 3.85. The van der Waals surface area contributed by atoms with E-state index in [4.69, 9.17) is 4.52 Å². The van der Waals surface area contributed by atoms with E-state index in [0.29, 0.717) is 24.4 Å². The molecule has 0 saturated carbocycles. The van der Waals surface area contributed by atoms with E-state index in [1.54, 1.807) is 4.90 Å². The SMILES string of the molecule is O=C1N(Cc2noc(-c3ccc(C(F)(F)F)cc3)n2)CCC1(c1ccccc1)c1ccccc1. The number of carbonyl (C=O) groups is 1. The molecule has 34 heavy (non-hydrogen) atoms. The summed E-state index contributed by atoms with van der Waals surface area (Å²) in [6.45, 7) is 0.650. The zero-order chi connectivity index (χ0) is 23.8. The highest BCUT2D eigenvalue weighted by Gasteiger charge is 2.49. The van der Waals surface area contributed by atoms with Crippen LogP contribution in [-0.4, -0.2) is 27.5 Å². The van der Waals surface area contributed by atoms with Crippen LogP contribution in [-0.2, 0) is 22.9 Å². The Hall–Kier alpha value is -3.94. The van der Waals surface area contributed by atoms with Crippen molar-refractivity contribution < 1.29 is 22.5 Å². The van der Waals surface area contributed by atoms with E-state index < -0.39 is 17.2 Å². The van der Waals surface area contributed by atoms with Crippen LogP contribution >= 0.6 is 0 Å². The Morgan fingerprint density at radius 3 is 2.03 bits per heavy atom. The van der Waals surface area contributed by atoms with Crippen LogP contribution in [0.15, 0.2) is 89.5 Å². The van der Waals surface area contributed by atoms with Gasteiger partial charge in [0.1, 0.15) is 5.41 Å². The smallest absolute Gasteiger partial charge is 0.334 e. The molecule has 1 aromatic heterocycles. The summed E-state index contributed by atoms with van der Waals surface area (Å²) < 4.78 is 43.7. The van der Waals surface area contributed by atoms with E-state index in [2.05, 4.69) is 10.1 Å². The molecule has 5 rings (SSSR count). The van der Waals surface area contributed by atoms with Gasteiger partial charge in [-0.05, 0) is 41.8 Å². The van der Waals surface area contributed by atoms with E-state index in [0.717, 1.165) is 23.3 Å². The van der Waals surface area contributed by atoms with Crippen LogP contribution in [0.5, 0.6) is 0 Å². The van der Waals surface area contributed by atoms with Gasteiger partial charge in [0.15, 0.2) is 5.82 Å². The van der Waals surface area contributed by atoms with Crippen LogP contribution in [0, 0.1) is 0 Å². The van der Waals surface area contributed by atoms with Gasteiger partial charge in [-0.15, -0.1) is 0 Å². The number of carbonyl (C=O) groups excluding carboxylic acids is 1. The molecule has 1 amide bonds. The second-order valence-corrected chi connectivity index (χ2v) is 8.20. The van der Waals surface area contributed by atoms with Crippen molar-refractivity contribution in [3.05, 3.63) is 107 Å². The predicted molar refractivity (Wildman–Crippen MR) is 118 cm³/mol. The molecule has 0 bridgehead atoms. The van der Waals surface area contributed by atoms with Crippen LogP contribution < -0.4 is 0 Å². The lowest BCUT2D eigenvalue weighted by Gasteiger charge is -2.29. The van der Waals surface area contributed by atoms with Crippen molar-refractivity contribution in [1.82, 2.24) is 15.0 Å². The molecule has 0 unspecified atom stereocenters. The molecule has 5 nitrogen and oxygen atoms in total. The zero-order valence-corrected chi connectivity index (χ0v) is 18.0. The fourth-order valence-corrected chi connectivity index (χ4v) is 4.49. The van der Waals surface area contributed by atoms with Crippen LogP contribution in [0.4, 0.5) is 13.2 Å². The molecule has 8 heteroatoms. The molecule has 1 aliphatic rings. The van der Waals surface area contributed by atoms with Gasteiger partial charge >= 0.3 is 6.18 Å². The Labute approximate surface area is 193 Å². The van der Waals surface area contributed by atoms with E-state index in [1.165, 1.54) is 12.1 Å². The molecule has 4 aromatic rings. The highest BCUT2D eigenvalue weighted by molar-refractivity contribution is 5.94. The minimum Gasteiger partial charge on any atom is -0.334 e. The predicted octanol–water partition coefficient (Wildman–Crippen LogP) is 5.47. The Morgan fingerprint density at radius 1 is 0.882 bits per heavy atom. The Balaban J connectivity index is 1.39. The lowest BCUT2D eigenvalue weighted by Crippen LogP contribution is -2.38. The molecule has 2 heterocycles. The number of amides is 1. The van der Waals surface area contributed by atoms with Crippen molar-refractivity contribution in [1.29, 1.82) is 0 Å². The van der Waals surface area contributed by atoms with Gasteiger partial charge in [0, 0.05) is 12.1 Å². The molecular formula is C26H20F3N3O2. The monoisotopic (exact) mass is 463 g/mol. The molecule has 1 aliphatic heterocycles. The fraction of sp³-hybridized carbons (Fsp3) is 0.192. The van der Waals surface area contributed by atoms with Crippen molar-refractivity contribution in [3.8, 4) is 11.5 Å². The third-order valence-electron chi connectivity index (χ3n) is 6.20. The number of hydrogen-bond acceptors (Lipinski definition) is 4. The molecule has 0 aliphatic carbocycles. The molecular weight excluding hydrogens is 443 g/mol. The average molecular weight is 463 g/mol. The molecule has 1 fully saturated rings. The Morgan fingerprint density at radius 2 is 1.47 bits per heavy atom. The van der Waals surface area contributed by atoms with E-state index in [1.807, 2.05) is 60.7 Å². The van der Waals surface area contributed by atoms with Crippen molar-refractivity contribution in [2.24, 2.45) is 0 Å². The first-order chi connectivity index (χ1) is 16.4. The molecule has 0 radical (unpaired) electrons. The fourth-order valence-electron chi connectivity index (χ4n) is 4.49. The quantitative estimate of drug-likeness (QED) is 0.394. The number of benzene rings is 3. The summed E-state index contributed by atoms with van der Waals surface area (Å²) in [5.74, 6) is 0.346. The normalized spacial score (nSPS) is 15.6. The number of alkyl halides is 3.